The lowest BCUT2D eigenvalue weighted by Crippen LogP contribution is -2.41. The number of aromatic nitrogens is 1. The second kappa shape index (κ2) is 4.37. The Bertz CT molecular complexity index is 629. The van der Waals surface area contributed by atoms with E-state index < -0.39 is 0 Å². The molecule has 106 valence electrons. The minimum absolute atomic E-state index is 0.287. The van der Waals surface area contributed by atoms with Crippen LogP contribution in [0.2, 0.25) is 0 Å². The topological polar surface area (TPSA) is 23.4 Å². The summed E-state index contributed by atoms with van der Waals surface area (Å²) in [6.07, 6.45) is 2.12. The van der Waals surface area contributed by atoms with Gasteiger partial charge in [0.1, 0.15) is 0 Å². The van der Waals surface area contributed by atoms with Crippen molar-refractivity contribution in [3.05, 3.63) is 30.5 Å². The Morgan fingerprint density at radius 2 is 1.70 bits per heavy atom. The summed E-state index contributed by atoms with van der Waals surface area (Å²) < 4.78 is 14.5. The van der Waals surface area contributed by atoms with Crippen molar-refractivity contribution in [2.75, 3.05) is 0 Å². The van der Waals surface area contributed by atoms with Gasteiger partial charge in [0.2, 0.25) is 0 Å². The minimum atomic E-state index is -0.292. The van der Waals surface area contributed by atoms with Crippen LogP contribution in [0, 0.1) is 0 Å². The molecule has 0 unspecified atom stereocenters. The van der Waals surface area contributed by atoms with Gasteiger partial charge < -0.3 is 13.9 Å². The van der Waals surface area contributed by atoms with Gasteiger partial charge in [-0.25, -0.2) is 0 Å². The highest BCUT2D eigenvalue weighted by Crippen LogP contribution is 2.36. The van der Waals surface area contributed by atoms with Gasteiger partial charge >= 0.3 is 7.12 Å². The van der Waals surface area contributed by atoms with Crippen molar-refractivity contribution in [2.24, 2.45) is 0 Å². The van der Waals surface area contributed by atoms with E-state index in [1.165, 1.54) is 10.9 Å². The summed E-state index contributed by atoms with van der Waals surface area (Å²) in [5.74, 6) is 0. The fourth-order valence-corrected chi connectivity index (χ4v) is 2.60. The second-order valence-corrected chi connectivity index (χ2v) is 6.51. The molecule has 1 aromatic heterocycles. The van der Waals surface area contributed by atoms with Gasteiger partial charge in [-0.2, -0.15) is 0 Å². The number of rotatable bonds is 2. The number of aryl methyl sites for hydroxylation is 1. The fourth-order valence-electron chi connectivity index (χ4n) is 2.60. The van der Waals surface area contributed by atoms with Gasteiger partial charge in [0.05, 0.1) is 11.2 Å². The summed E-state index contributed by atoms with van der Waals surface area (Å²) in [5.41, 5.74) is 1.74. The van der Waals surface area contributed by atoms with E-state index in [-0.39, 0.29) is 18.3 Å². The molecule has 1 aliphatic heterocycles. The molecular formula is C16H22BNO2. The number of nitrogens with zero attached hydrogens (tertiary/aromatic N) is 1. The lowest BCUT2D eigenvalue weighted by atomic mass is 9.79. The van der Waals surface area contributed by atoms with E-state index in [4.69, 9.17) is 9.31 Å². The van der Waals surface area contributed by atoms with Crippen LogP contribution >= 0.6 is 0 Å². The van der Waals surface area contributed by atoms with Gasteiger partial charge in [-0.1, -0.05) is 12.1 Å². The number of hydrogen-bond donors (Lipinski definition) is 0. The van der Waals surface area contributed by atoms with Crippen molar-refractivity contribution >= 4 is 23.5 Å². The van der Waals surface area contributed by atoms with Crippen molar-refractivity contribution in [1.82, 2.24) is 4.57 Å². The molecule has 0 radical (unpaired) electrons. The van der Waals surface area contributed by atoms with Crippen LogP contribution in [-0.2, 0) is 15.9 Å². The van der Waals surface area contributed by atoms with Crippen LogP contribution in [0.25, 0.3) is 10.9 Å². The fraction of sp³-hybridized carbons (Fsp3) is 0.500. The van der Waals surface area contributed by atoms with Crippen LogP contribution in [0.3, 0.4) is 0 Å². The molecule has 3 rings (SSSR count). The summed E-state index contributed by atoms with van der Waals surface area (Å²) in [7, 11) is -0.287. The molecule has 1 aromatic carbocycles. The van der Waals surface area contributed by atoms with Crippen molar-refractivity contribution in [3.63, 3.8) is 0 Å². The van der Waals surface area contributed by atoms with E-state index in [9.17, 15) is 0 Å². The third-order valence-corrected chi connectivity index (χ3v) is 4.66. The molecule has 2 aromatic rings. The zero-order valence-corrected chi connectivity index (χ0v) is 12.9. The molecule has 0 saturated carbocycles. The van der Waals surface area contributed by atoms with E-state index in [0.717, 1.165) is 12.0 Å². The van der Waals surface area contributed by atoms with Crippen LogP contribution in [0.4, 0.5) is 0 Å². The highest BCUT2D eigenvalue weighted by molar-refractivity contribution is 6.62. The normalized spacial score (nSPS) is 20.8. The first-order chi connectivity index (χ1) is 9.34. The average Bonchev–Trinajstić information content (AvgIpc) is 2.87. The summed E-state index contributed by atoms with van der Waals surface area (Å²) in [5, 5.41) is 1.26. The van der Waals surface area contributed by atoms with Gasteiger partial charge in [-0.15, -0.1) is 0 Å². The molecule has 0 spiro atoms. The van der Waals surface area contributed by atoms with Crippen LogP contribution < -0.4 is 5.46 Å². The maximum Gasteiger partial charge on any atom is 0.494 e. The van der Waals surface area contributed by atoms with E-state index >= 15 is 0 Å². The maximum atomic E-state index is 6.12. The first-order valence-corrected chi connectivity index (χ1v) is 7.28. The molecule has 4 heteroatoms. The lowest BCUT2D eigenvalue weighted by Gasteiger charge is -2.32. The Morgan fingerprint density at radius 3 is 2.30 bits per heavy atom. The van der Waals surface area contributed by atoms with Gasteiger partial charge in [0.15, 0.2) is 0 Å². The van der Waals surface area contributed by atoms with E-state index in [0.29, 0.717) is 0 Å². The zero-order valence-electron chi connectivity index (χ0n) is 12.9. The molecular weight excluding hydrogens is 249 g/mol. The SMILES string of the molecule is CCn1ccc2ccc(B3OC(C)(C)C(C)(C)O3)cc21. The first kappa shape index (κ1) is 13.7. The summed E-state index contributed by atoms with van der Waals surface area (Å²) in [4.78, 5) is 0. The molecule has 0 bridgehead atoms. The number of fused-ring (bicyclic) bond motifs is 1. The Morgan fingerprint density at radius 1 is 1.05 bits per heavy atom. The molecule has 0 N–H and O–H groups in total. The molecule has 1 aliphatic rings. The van der Waals surface area contributed by atoms with Crippen molar-refractivity contribution in [3.8, 4) is 0 Å². The lowest BCUT2D eigenvalue weighted by molar-refractivity contribution is 0.00578. The third-order valence-electron chi connectivity index (χ3n) is 4.66. The monoisotopic (exact) mass is 271 g/mol. The number of benzene rings is 1. The van der Waals surface area contributed by atoms with Gasteiger partial charge in [0, 0.05) is 18.3 Å². The van der Waals surface area contributed by atoms with E-state index in [1.807, 2.05) is 0 Å². The second-order valence-electron chi connectivity index (χ2n) is 6.51. The van der Waals surface area contributed by atoms with Crippen molar-refractivity contribution in [1.29, 1.82) is 0 Å². The highest BCUT2D eigenvalue weighted by atomic mass is 16.7. The Labute approximate surface area is 121 Å². The van der Waals surface area contributed by atoms with Gasteiger partial charge in [-0.05, 0) is 57.6 Å². The molecule has 20 heavy (non-hydrogen) atoms. The maximum absolute atomic E-state index is 6.12. The van der Waals surface area contributed by atoms with Gasteiger partial charge in [-0.3, -0.25) is 0 Å². The predicted molar refractivity (Wildman–Crippen MR) is 83.3 cm³/mol. The van der Waals surface area contributed by atoms with E-state index in [1.54, 1.807) is 0 Å². The molecule has 0 amide bonds. The largest absolute Gasteiger partial charge is 0.494 e. The molecule has 0 atom stereocenters. The van der Waals surface area contributed by atoms with Crippen molar-refractivity contribution in [2.45, 2.75) is 52.4 Å². The quantitative estimate of drug-likeness (QED) is 0.784. The van der Waals surface area contributed by atoms with Crippen molar-refractivity contribution < 1.29 is 9.31 Å². The molecule has 1 saturated heterocycles. The smallest absolute Gasteiger partial charge is 0.399 e. The molecule has 0 aliphatic carbocycles. The Kier molecular flexibility index (Phi) is 3.00. The first-order valence-electron chi connectivity index (χ1n) is 7.28. The highest BCUT2D eigenvalue weighted by Gasteiger charge is 2.51. The average molecular weight is 271 g/mol. The van der Waals surface area contributed by atoms with Crippen LogP contribution in [0.5, 0.6) is 0 Å². The van der Waals surface area contributed by atoms with Gasteiger partial charge in [0.25, 0.3) is 0 Å². The zero-order chi connectivity index (χ0) is 14.5. The summed E-state index contributed by atoms with van der Waals surface area (Å²) in [6, 6.07) is 8.57. The third kappa shape index (κ3) is 1.98. The molecule has 3 nitrogen and oxygen atoms in total. The van der Waals surface area contributed by atoms with Crippen LogP contribution in [0.15, 0.2) is 30.5 Å². The Hall–Kier alpha value is -1.26. The summed E-state index contributed by atoms with van der Waals surface area (Å²) >= 11 is 0. The van der Waals surface area contributed by atoms with Crippen LogP contribution in [-0.4, -0.2) is 22.9 Å². The summed E-state index contributed by atoms with van der Waals surface area (Å²) in [6.45, 7) is 11.5. The number of hydrogen-bond acceptors (Lipinski definition) is 2. The predicted octanol–water partition coefficient (Wildman–Crippen LogP) is 2.96. The molecule has 1 fully saturated rings. The van der Waals surface area contributed by atoms with E-state index in [2.05, 4.69) is 69.6 Å². The standard InChI is InChI=1S/C16H22BNO2/c1-6-18-10-9-12-7-8-13(11-14(12)18)17-19-15(2,3)16(4,5)20-17/h7-11H,6H2,1-5H3. The minimum Gasteiger partial charge on any atom is -0.399 e. The molecule has 2 heterocycles. The van der Waals surface area contributed by atoms with Crippen LogP contribution in [0.1, 0.15) is 34.6 Å². The Balaban J connectivity index is 1.99.